The minimum absolute atomic E-state index is 0.676. The molecule has 0 aromatic heterocycles. The molecule has 3 unspecified atom stereocenters. The Morgan fingerprint density at radius 2 is 1.89 bits per heavy atom. The molecule has 1 fully saturated rings. The highest BCUT2D eigenvalue weighted by atomic mass is 14.9. The van der Waals surface area contributed by atoms with Crippen LogP contribution in [0, 0.1) is 5.92 Å². The van der Waals surface area contributed by atoms with Crippen molar-refractivity contribution in [3.05, 3.63) is 29.8 Å². The minimum Gasteiger partial charge on any atom is -0.382 e. The van der Waals surface area contributed by atoms with Crippen LogP contribution >= 0.6 is 0 Å². The maximum absolute atomic E-state index is 3.69. The fourth-order valence-corrected chi connectivity index (χ4v) is 2.96. The van der Waals surface area contributed by atoms with E-state index in [0.717, 1.165) is 5.92 Å². The van der Waals surface area contributed by atoms with E-state index in [9.17, 15) is 0 Å². The summed E-state index contributed by atoms with van der Waals surface area (Å²) in [6.07, 6.45) is 6.65. The molecule has 1 aromatic rings. The molecule has 18 heavy (non-hydrogen) atoms. The van der Waals surface area contributed by atoms with Crippen LogP contribution in [0.5, 0.6) is 0 Å². The fourth-order valence-electron chi connectivity index (χ4n) is 2.96. The topological polar surface area (TPSA) is 12.0 Å². The maximum Gasteiger partial charge on any atom is 0.0342 e. The molecular weight excluding hydrogens is 218 g/mol. The molecule has 0 spiro atoms. The van der Waals surface area contributed by atoms with Gasteiger partial charge in [-0.1, -0.05) is 39.3 Å². The summed E-state index contributed by atoms with van der Waals surface area (Å²) in [5.74, 6) is 1.62. The van der Waals surface area contributed by atoms with E-state index in [1.54, 1.807) is 0 Å². The van der Waals surface area contributed by atoms with E-state index in [1.807, 2.05) is 0 Å². The second-order valence-corrected chi connectivity index (χ2v) is 5.86. The predicted molar refractivity (Wildman–Crippen MR) is 80.2 cm³/mol. The average Bonchev–Trinajstić information content (AvgIpc) is 2.86. The van der Waals surface area contributed by atoms with Crippen LogP contribution in [0.4, 0.5) is 5.69 Å². The minimum atomic E-state index is 0.676. The smallest absolute Gasteiger partial charge is 0.0342 e. The van der Waals surface area contributed by atoms with Gasteiger partial charge in [-0.2, -0.15) is 0 Å². The molecule has 1 aliphatic rings. The third-order valence-electron chi connectivity index (χ3n) is 4.58. The second kappa shape index (κ2) is 6.26. The van der Waals surface area contributed by atoms with Gasteiger partial charge in [-0.15, -0.1) is 0 Å². The first kappa shape index (κ1) is 13.5. The van der Waals surface area contributed by atoms with Crippen molar-refractivity contribution in [3.63, 3.8) is 0 Å². The molecule has 1 N–H and O–H groups in total. The zero-order chi connectivity index (χ0) is 13.0. The quantitative estimate of drug-likeness (QED) is 0.752. The van der Waals surface area contributed by atoms with Gasteiger partial charge in [0.1, 0.15) is 0 Å². The van der Waals surface area contributed by atoms with Crippen molar-refractivity contribution < 1.29 is 0 Å². The Morgan fingerprint density at radius 3 is 2.44 bits per heavy atom. The van der Waals surface area contributed by atoms with Crippen LogP contribution in [0.2, 0.25) is 0 Å². The molecule has 0 amide bonds. The van der Waals surface area contributed by atoms with Crippen LogP contribution in [-0.4, -0.2) is 6.04 Å². The van der Waals surface area contributed by atoms with Gasteiger partial charge in [0.25, 0.3) is 0 Å². The molecule has 1 aliphatic carbocycles. The summed E-state index contributed by atoms with van der Waals surface area (Å²) in [4.78, 5) is 0. The molecule has 0 radical (unpaired) electrons. The molecule has 1 nitrogen and oxygen atoms in total. The van der Waals surface area contributed by atoms with Gasteiger partial charge in [0.15, 0.2) is 0 Å². The standard InChI is InChI=1S/C17H27N/c1-4-13(3)15-7-10-16(11-8-15)18-17-9-6-14(5-2)12-17/h7-8,10-11,13-14,17-18H,4-6,9,12H2,1-3H3. The van der Waals surface area contributed by atoms with Gasteiger partial charge in [0, 0.05) is 11.7 Å². The summed E-state index contributed by atoms with van der Waals surface area (Å²) in [5.41, 5.74) is 2.75. The molecule has 1 saturated carbocycles. The van der Waals surface area contributed by atoms with E-state index < -0.39 is 0 Å². The van der Waals surface area contributed by atoms with Crippen LogP contribution in [0.15, 0.2) is 24.3 Å². The lowest BCUT2D eigenvalue weighted by atomic mass is 9.98. The summed E-state index contributed by atoms with van der Waals surface area (Å²) in [7, 11) is 0. The van der Waals surface area contributed by atoms with E-state index in [4.69, 9.17) is 0 Å². The summed E-state index contributed by atoms with van der Waals surface area (Å²) >= 11 is 0. The highest BCUT2D eigenvalue weighted by Crippen LogP contribution is 2.30. The number of anilines is 1. The summed E-state index contributed by atoms with van der Waals surface area (Å²) in [6, 6.07) is 9.76. The highest BCUT2D eigenvalue weighted by molar-refractivity contribution is 5.46. The SMILES string of the molecule is CCC1CCC(Nc2ccc(C(C)CC)cc2)C1. The van der Waals surface area contributed by atoms with Gasteiger partial charge >= 0.3 is 0 Å². The molecule has 0 bridgehead atoms. The van der Waals surface area contributed by atoms with Crippen LogP contribution < -0.4 is 5.32 Å². The normalized spacial score (nSPS) is 25.1. The molecule has 0 aliphatic heterocycles. The maximum atomic E-state index is 3.69. The predicted octanol–water partition coefficient (Wildman–Crippen LogP) is 5.19. The summed E-state index contributed by atoms with van der Waals surface area (Å²) < 4.78 is 0. The van der Waals surface area contributed by atoms with E-state index in [-0.39, 0.29) is 0 Å². The van der Waals surface area contributed by atoms with E-state index in [1.165, 1.54) is 43.4 Å². The third kappa shape index (κ3) is 3.28. The van der Waals surface area contributed by atoms with Crippen molar-refractivity contribution in [3.8, 4) is 0 Å². The Labute approximate surface area is 112 Å². The Balaban J connectivity index is 1.90. The molecule has 100 valence electrons. The van der Waals surface area contributed by atoms with Crippen molar-refractivity contribution in [2.45, 2.75) is 64.8 Å². The van der Waals surface area contributed by atoms with E-state index in [0.29, 0.717) is 12.0 Å². The van der Waals surface area contributed by atoms with Crippen LogP contribution in [0.25, 0.3) is 0 Å². The first-order valence-electron chi connectivity index (χ1n) is 7.59. The summed E-state index contributed by atoms with van der Waals surface area (Å²) in [6.45, 7) is 6.86. The fraction of sp³-hybridized carbons (Fsp3) is 0.647. The van der Waals surface area contributed by atoms with Gasteiger partial charge in [-0.05, 0) is 55.2 Å². The van der Waals surface area contributed by atoms with Gasteiger partial charge < -0.3 is 5.32 Å². The number of benzene rings is 1. The third-order valence-corrected chi connectivity index (χ3v) is 4.58. The van der Waals surface area contributed by atoms with Crippen molar-refractivity contribution >= 4 is 5.69 Å². The Morgan fingerprint density at radius 1 is 1.17 bits per heavy atom. The molecule has 0 heterocycles. The number of rotatable bonds is 5. The molecule has 3 atom stereocenters. The van der Waals surface area contributed by atoms with Crippen LogP contribution in [0.3, 0.4) is 0 Å². The number of hydrogen-bond acceptors (Lipinski definition) is 1. The Kier molecular flexibility index (Phi) is 4.68. The van der Waals surface area contributed by atoms with Crippen LogP contribution in [-0.2, 0) is 0 Å². The number of hydrogen-bond donors (Lipinski definition) is 1. The Bertz CT molecular complexity index is 354. The summed E-state index contributed by atoms with van der Waals surface area (Å²) in [5, 5.41) is 3.69. The van der Waals surface area contributed by atoms with Crippen molar-refractivity contribution in [2.24, 2.45) is 5.92 Å². The molecule has 1 aromatic carbocycles. The van der Waals surface area contributed by atoms with Crippen molar-refractivity contribution in [2.75, 3.05) is 5.32 Å². The van der Waals surface area contributed by atoms with Crippen molar-refractivity contribution in [1.29, 1.82) is 0 Å². The monoisotopic (exact) mass is 245 g/mol. The molecule has 0 saturated heterocycles. The van der Waals surface area contributed by atoms with Crippen molar-refractivity contribution in [1.82, 2.24) is 0 Å². The van der Waals surface area contributed by atoms with Gasteiger partial charge in [-0.25, -0.2) is 0 Å². The largest absolute Gasteiger partial charge is 0.382 e. The molecule has 1 heteroatoms. The van der Waals surface area contributed by atoms with Gasteiger partial charge in [-0.3, -0.25) is 0 Å². The van der Waals surface area contributed by atoms with Crippen LogP contribution in [0.1, 0.15) is 64.4 Å². The lowest BCUT2D eigenvalue weighted by Gasteiger charge is -2.16. The first-order chi connectivity index (χ1) is 8.72. The average molecular weight is 245 g/mol. The molecular formula is C17H27N. The van der Waals surface area contributed by atoms with Gasteiger partial charge in [0.2, 0.25) is 0 Å². The zero-order valence-electron chi connectivity index (χ0n) is 12.1. The van der Waals surface area contributed by atoms with E-state index in [2.05, 4.69) is 50.4 Å². The molecule has 2 rings (SSSR count). The number of nitrogens with one attached hydrogen (secondary N) is 1. The lowest BCUT2D eigenvalue weighted by Crippen LogP contribution is -2.15. The van der Waals surface area contributed by atoms with Gasteiger partial charge in [0.05, 0.1) is 0 Å². The van der Waals surface area contributed by atoms with E-state index >= 15 is 0 Å². The first-order valence-corrected chi connectivity index (χ1v) is 7.59. The highest BCUT2D eigenvalue weighted by Gasteiger charge is 2.22. The second-order valence-electron chi connectivity index (χ2n) is 5.86. The Hall–Kier alpha value is -0.980. The zero-order valence-corrected chi connectivity index (χ0v) is 12.1. The lowest BCUT2D eigenvalue weighted by molar-refractivity contribution is 0.525.